The number of hydrogen-bond donors (Lipinski definition) is 1. The van der Waals surface area contributed by atoms with E-state index in [1.807, 2.05) is 23.0 Å². The summed E-state index contributed by atoms with van der Waals surface area (Å²) in [5.41, 5.74) is 4.33. The van der Waals surface area contributed by atoms with Crippen LogP contribution in [-0.4, -0.2) is 11.5 Å². The largest absolute Gasteiger partial charge is 0.385 e. The smallest absolute Gasteiger partial charge is 0.101 e. The highest BCUT2D eigenvalue weighted by atomic mass is 35.5. The zero-order chi connectivity index (χ0) is 12.1. The average Bonchev–Trinajstić information content (AvgIpc) is 2.82. The Morgan fingerprint density at radius 2 is 2.35 bits per heavy atom. The summed E-state index contributed by atoms with van der Waals surface area (Å²) in [6.07, 6.45) is 0.876. The molecule has 0 bridgehead atoms. The van der Waals surface area contributed by atoms with E-state index in [2.05, 4.69) is 10.3 Å². The third-order valence-electron chi connectivity index (χ3n) is 2.28. The van der Waals surface area contributed by atoms with E-state index in [9.17, 15) is 0 Å². The monoisotopic (exact) mass is 263 g/mol. The van der Waals surface area contributed by atoms with Crippen molar-refractivity contribution >= 4 is 28.6 Å². The number of aromatic nitrogens is 1. The summed E-state index contributed by atoms with van der Waals surface area (Å²) in [5, 5.41) is 14.5. The molecule has 1 aromatic carbocycles. The molecule has 86 valence electrons. The molecular weight excluding hydrogens is 254 g/mol. The van der Waals surface area contributed by atoms with E-state index in [1.54, 1.807) is 23.5 Å². The number of nitrogens with one attached hydrogen (secondary N) is 1. The molecule has 0 radical (unpaired) electrons. The molecule has 3 nitrogen and oxygen atoms in total. The van der Waals surface area contributed by atoms with Crippen LogP contribution in [0.5, 0.6) is 0 Å². The number of halogens is 1. The predicted molar refractivity (Wildman–Crippen MR) is 70.5 cm³/mol. The molecule has 0 aliphatic heterocycles. The maximum absolute atomic E-state index is 8.75. The van der Waals surface area contributed by atoms with Crippen LogP contribution >= 0.6 is 22.9 Å². The minimum Gasteiger partial charge on any atom is -0.385 e. The molecule has 0 unspecified atom stereocenters. The van der Waals surface area contributed by atoms with Crippen molar-refractivity contribution in [2.45, 2.75) is 6.42 Å². The average molecular weight is 264 g/mol. The van der Waals surface area contributed by atoms with Crippen molar-refractivity contribution in [3.8, 4) is 6.07 Å². The quantitative estimate of drug-likeness (QED) is 0.921. The van der Waals surface area contributed by atoms with E-state index in [-0.39, 0.29) is 0 Å². The lowest BCUT2D eigenvalue weighted by atomic mass is 10.2. The number of benzene rings is 1. The molecule has 1 N–H and O–H groups in total. The van der Waals surface area contributed by atoms with Gasteiger partial charge in [0, 0.05) is 24.0 Å². The molecule has 5 heteroatoms. The molecule has 0 saturated carbocycles. The van der Waals surface area contributed by atoms with Crippen molar-refractivity contribution < 1.29 is 0 Å². The van der Waals surface area contributed by atoms with Crippen LogP contribution in [0.1, 0.15) is 11.3 Å². The van der Waals surface area contributed by atoms with Gasteiger partial charge in [-0.3, -0.25) is 0 Å². The van der Waals surface area contributed by atoms with Gasteiger partial charge in [0.25, 0.3) is 0 Å². The highest BCUT2D eigenvalue weighted by Crippen LogP contribution is 2.20. The second kappa shape index (κ2) is 5.67. The van der Waals surface area contributed by atoms with Gasteiger partial charge in [-0.2, -0.15) is 5.26 Å². The summed E-state index contributed by atoms with van der Waals surface area (Å²) in [7, 11) is 0. The first kappa shape index (κ1) is 11.9. The third-order valence-corrected chi connectivity index (χ3v) is 3.23. The predicted octanol–water partition coefficient (Wildman–Crippen LogP) is 3.32. The van der Waals surface area contributed by atoms with Crippen LogP contribution in [0.3, 0.4) is 0 Å². The molecule has 1 heterocycles. The van der Waals surface area contributed by atoms with Crippen molar-refractivity contribution in [3.63, 3.8) is 0 Å². The molecular formula is C12H10ClN3S. The number of nitrogens with zero attached hydrogens (tertiary/aromatic N) is 2. The molecule has 2 rings (SSSR count). The topological polar surface area (TPSA) is 48.7 Å². The van der Waals surface area contributed by atoms with Gasteiger partial charge in [0.2, 0.25) is 0 Å². The summed E-state index contributed by atoms with van der Waals surface area (Å²) in [6.45, 7) is 0.798. The van der Waals surface area contributed by atoms with Crippen molar-refractivity contribution in [2.75, 3.05) is 11.9 Å². The van der Waals surface area contributed by atoms with Crippen molar-refractivity contribution in [2.24, 2.45) is 0 Å². The summed E-state index contributed by atoms with van der Waals surface area (Å²) in [5.74, 6) is 0. The molecule has 0 fully saturated rings. The van der Waals surface area contributed by atoms with Crippen LogP contribution in [-0.2, 0) is 6.42 Å². The zero-order valence-electron chi connectivity index (χ0n) is 8.98. The highest BCUT2D eigenvalue weighted by Gasteiger charge is 2.01. The molecule has 0 atom stereocenters. The fraction of sp³-hybridized carbons (Fsp3) is 0.167. The van der Waals surface area contributed by atoms with Gasteiger partial charge in [0.1, 0.15) is 6.07 Å². The lowest BCUT2D eigenvalue weighted by molar-refractivity contribution is 0.977. The maximum Gasteiger partial charge on any atom is 0.101 e. The summed E-state index contributed by atoms with van der Waals surface area (Å²) >= 11 is 7.53. The minimum atomic E-state index is 0.478. The summed E-state index contributed by atoms with van der Waals surface area (Å²) in [4.78, 5) is 4.20. The first-order valence-corrected chi connectivity index (χ1v) is 6.42. The van der Waals surface area contributed by atoms with Crippen LogP contribution < -0.4 is 5.32 Å². The minimum absolute atomic E-state index is 0.478. The standard InChI is InChI=1S/C12H10ClN3S/c13-12-5-10(2-1-9(12)6-14)15-4-3-11-7-17-8-16-11/h1-2,5,7-8,15H,3-4H2. The normalized spacial score (nSPS) is 9.88. The Labute approximate surface area is 109 Å². The Morgan fingerprint density at radius 3 is 3.00 bits per heavy atom. The van der Waals surface area contributed by atoms with Crippen LogP contribution in [0.2, 0.25) is 5.02 Å². The molecule has 0 amide bonds. The van der Waals surface area contributed by atoms with Gasteiger partial charge < -0.3 is 5.32 Å². The van der Waals surface area contributed by atoms with Crippen LogP contribution in [0.4, 0.5) is 5.69 Å². The maximum atomic E-state index is 8.75. The molecule has 0 saturated heterocycles. The molecule has 0 aliphatic carbocycles. The van der Waals surface area contributed by atoms with E-state index in [4.69, 9.17) is 16.9 Å². The summed E-state index contributed by atoms with van der Waals surface area (Å²) < 4.78 is 0. The second-order valence-electron chi connectivity index (χ2n) is 3.46. The SMILES string of the molecule is N#Cc1ccc(NCCc2cscn2)cc1Cl. The van der Waals surface area contributed by atoms with Gasteiger partial charge in [-0.05, 0) is 18.2 Å². The zero-order valence-corrected chi connectivity index (χ0v) is 10.6. The van der Waals surface area contributed by atoms with Crippen LogP contribution in [0.15, 0.2) is 29.1 Å². The van der Waals surface area contributed by atoms with Crippen molar-refractivity contribution in [3.05, 3.63) is 45.4 Å². The van der Waals surface area contributed by atoms with Crippen LogP contribution in [0.25, 0.3) is 0 Å². The Hall–Kier alpha value is -1.57. The molecule has 0 aliphatic rings. The highest BCUT2D eigenvalue weighted by molar-refractivity contribution is 7.07. The molecule has 2 aromatic rings. The van der Waals surface area contributed by atoms with E-state index < -0.39 is 0 Å². The van der Waals surface area contributed by atoms with E-state index >= 15 is 0 Å². The third kappa shape index (κ3) is 3.19. The molecule has 17 heavy (non-hydrogen) atoms. The fourth-order valence-corrected chi connectivity index (χ4v) is 2.23. The van der Waals surface area contributed by atoms with Gasteiger partial charge in [-0.1, -0.05) is 11.6 Å². The fourth-order valence-electron chi connectivity index (χ4n) is 1.41. The first-order valence-electron chi connectivity index (χ1n) is 5.10. The second-order valence-corrected chi connectivity index (χ2v) is 4.59. The Kier molecular flexibility index (Phi) is 3.97. The van der Waals surface area contributed by atoms with Gasteiger partial charge in [-0.25, -0.2) is 4.98 Å². The van der Waals surface area contributed by atoms with E-state index in [1.165, 1.54) is 0 Å². The van der Waals surface area contributed by atoms with Crippen LogP contribution in [0, 0.1) is 11.3 Å². The van der Waals surface area contributed by atoms with Gasteiger partial charge >= 0.3 is 0 Å². The summed E-state index contributed by atoms with van der Waals surface area (Å²) in [6, 6.07) is 7.37. The molecule has 0 spiro atoms. The Balaban J connectivity index is 1.91. The van der Waals surface area contributed by atoms with Crippen molar-refractivity contribution in [1.82, 2.24) is 4.98 Å². The van der Waals surface area contributed by atoms with Gasteiger partial charge in [0.05, 0.1) is 21.8 Å². The lowest BCUT2D eigenvalue weighted by Crippen LogP contribution is -2.04. The number of anilines is 1. The number of nitriles is 1. The number of rotatable bonds is 4. The van der Waals surface area contributed by atoms with Gasteiger partial charge in [-0.15, -0.1) is 11.3 Å². The van der Waals surface area contributed by atoms with E-state index in [0.717, 1.165) is 24.3 Å². The van der Waals surface area contributed by atoms with E-state index in [0.29, 0.717) is 10.6 Å². The Morgan fingerprint density at radius 1 is 1.47 bits per heavy atom. The van der Waals surface area contributed by atoms with Gasteiger partial charge in [0.15, 0.2) is 0 Å². The van der Waals surface area contributed by atoms with Crippen molar-refractivity contribution in [1.29, 1.82) is 5.26 Å². The lowest BCUT2D eigenvalue weighted by Gasteiger charge is -2.06. The Bertz CT molecular complexity index is 531. The molecule has 1 aromatic heterocycles. The number of thiazole rings is 1. The number of hydrogen-bond acceptors (Lipinski definition) is 4. The first-order chi connectivity index (χ1) is 8.29.